The van der Waals surface area contributed by atoms with Gasteiger partial charge in [0.2, 0.25) is 47.3 Å². The number of guanidine groups is 1. The van der Waals surface area contributed by atoms with Crippen LogP contribution in [0.25, 0.3) is 0 Å². The zero-order valence-corrected chi connectivity index (χ0v) is 38.3. The fourth-order valence-corrected chi connectivity index (χ4v) is 7.51. The van der Waals surface area contributed by atoms with Crippen LogP contribution in [-0.4, -0.2) is 183 Å². The normalized spacial score (nSPS) is 19.7. The molecule has 0 aromatic carbocycles. The van der Waals surface area contributed by atoms with Crippen molar-refractivity contribution in [1.82, 2.24) is 41.7 Å². The number of nitrogens with one attached hydrogen (secondary N) is 6. The number of thiol groups is 2. The van der Waals surface area contributed by atoms with Crippen LogP contribution in [0.4, 0.5) is 0 Å². The van der Waals surface area contributed by atoms with Gasteiger partial charge >= 0.3 is 5.97 Å². The Hall–Kier alpha value is -4.92. The predicted octanol–water partition coefficient (Wildman–Crippen LogP) is -5.36. The van der Waals surface area contributed by atoms with Gasteiger partial charge in [-0.3, -0.25) is 43.3 Å². The highest BCUT2D eigenvalue weighted by Crippen LogP contribution is 2.22. The molecular weight excluding hydrogens is 881 g/mol. The van der Waals surface area contributed by atoms with E-state index in [0.717, 1.165) is 4.90 Å². The standard InChI is InChI=1S/C38H66N12O12S2/c1-18(2)14-23(31(55)44-22(8-5-11-42-38(40)41)30(54)47-25(17-64)37(61)62)45-33(57)27-10-6-12-49(27)35(59)19(3)43-32(56)26-9-7-13-50(26)36(60)24(15-51)46-34(58)28(20(4)52)48-29(53)21(39)16-63/h18-28,51-52,63-64H,5-17,39H2,1-4H3,(H,43,56)(H,44,55)(H,45,57)(H,46,58)(H,47,54)(H,48,53)(H,61,62)(H4,40,41,42)/t19-,20+,21-,22-,23-,24-,25-,26-,27-,28-/m0/s1. The Labute approximate surface area is 382 Å². The molecule has 0 unspecified atom stereocenters. The highest BCUT2D eigenvalue weighted by atomic mass is 32.1. The monoisotopic (exact) mass is 946 g/mol. The summed E-state index contributed by atoms with van der Waals surface area (Å²) in [7, 11) is 0. The van der Waals surface area contributed by atoms with Crippen LogP contribution in [-0.2, 0) is 43.2 Å². The van der Waals surface area contributed by atoms with Crippen LogP contribution in [0.1, 0.15) is 72.6 Å². The highest BCUT2D eigenvalue weighted by Gasteiger charge is 2.42. The quantitative estimate of drug-likeness (QED) is 0.0176. The molecule has 2 heterocycles. The second kappa shape index (κ2) is 26.8. The third-order valence-corrected chi connectivity index (χ3v) is 11.3. The van der Waals surface area contributed by atoms with Crippen LogP contribution in [0.5, 0.6) is 0 Å². The number of nitrogens with two attached hydrogens (primary N) is 3. The summed E-state index contributed by atoms with van der Waals surface area (Å²) in [6, 6.07) is -11.3. The van der Waals surface area contributed by atoms with E-state index in [0.29, 0.717) is 12.8 Å². The topological polar surface area (TPSA) is 383 Å². The van der Waals surface area contributed by atoms with Crippen molar-refractivity contribution in [3.05, 3.63) is 0 Å². The summed E-state index contributed by atoms with van der Waals surface area (Å²) in [5, 5.41) is 44.5. The molecule has 2 rings (SSSR count). The third-order valence-electron chi connectivity index (χ3n) is 10.5. The number of carboxylic acids is 1. The molecule has 0 bridgehead atoms. The number of aliphatic hydroxyl groups excluding tert-OH is 2. The molecule has 2 saturated heterocycles. The average Bonchev–Trinajstić information content (AvgIpc) is 3.94. The number of hydrogen-bond acceptors (Lipinski definition) is 15. The molecule has 0 aliphatic carbocycles. The van der Waals surface area contributed by atoms with Gasteiger partial charge in [-0.05, 0) is 64.7 Å². The number of carboxylic acid groups (broad SMARTS) is 1. The number of carbonyl (C=O) groups excluding carboxylic acids is 8. The molecule has 64 heavy (non-hydrogen) atoms. The Morgan fingerprint density at radius 1 is 0.703 bits per heavy atom. The lowest BCUT2D eigenvalue weighted by Crippen LogP contribution is -2.61. The van der Waals surface area contributed by atoms with E-state index in [4.69, 9.17) is 17.2 Å². The molecular formula is C38H66N12O12S2. The summed E-state index contributed by atoms with van der Waals surface area (Å²) in [6.45, 7) is 5.68. The molecule has 15 N–H and O–H groups in total. The second-order valence-electron chi connectivity index (χ2n) is 16.2. The van der Waals surface area contributed by atoms with Gasteiger partial charge in [0.25, 0.3) is 0 Å². The van der Waals surface area contributed by atoms with E-state index in [2.05, 4.69) is 62.2 Å². The van der Waals surface area contributed by atoms with Crippen molar-refractivity contribution < 1.29 is 58.5 Å². The minimum atomic E-state index is -1.57. The summed E-state index contributed by atoms with van der Waals surface area (Å²) in [4.78, 5) is 125. The van der Waals surface area contributed by atoms with E-state index in [-0.39, 0.29) is 75.1 Å². The largest absolute Gasteiger partial charge is 0.480 e. The lowest BCUT2D eigenvalue weighted by Gasteiger charge is -2.31. The van der Waals surface area contributed by atoms with Crippen LogP contribution in [0, 0.1) is 5.92 Å². The fraction of sp³-hybridized carbons (Fsp3) is 0.737. The number of aliphatic carboxylic acids is 1. The Morgan fingerprint density at radius 3 is 1.73 bits per heavy atom. The maximum Gasteiger partial charge on any atom is 0.327 e. The fourth-order valence-electron chi connectivity index (χ4n) is 7.10. The van der Waals surface area contributed by atoms with Crippen molar-refractivity contribution >= 4 is 84.4 Å². The molecule has 0 aromatic heterocycles. The van der Waals surface area contributed by atoms with Gasteiger partial charge in [0, 0.05) is 31.1 Å². The summed E-state index contributed by atoms with van der Waals surface area (Å²) >= 11 is 7.91. The highest BCUT2D eigenvalue weighted by molar-refractivity contribution is 7.80. The van der Waals surface area contributed by atoms with E-state index >= 15 is 0 Å². The molecule has 26 heteroatoms. The number of nitrogens with zero attached hydrogens (tertiary/aromatic N) is 3. The molecule has 0 radical (unpaired) electrons. The molecule has 24 nitrogen and oxygen atoms in total. The SMILES string of the molecule is CC(C)C[C@H](NC(=O)[C@@H]1CCCN1C(=O)[C@H](C)NC(=O)[C@@H]1CCCN1C(=O)[C@H](CO)NC(=O)[C@@H](NC(=O)[C@@H](N)CS)[C@@H](C)O)C(=O)N[C@@H](CCCN=C(N)N)C(=O)N[C@@H](CS)C(=O)O. The van der Waals surface area contributed by atoms with E-state index in [1.165, 1.54) is 18.7 Å². The van der Waals surface area contributed by atoms with Crippen LogP contribution >= 0.6 is 25.3 Å². The number of likely N-dealkylation sites (tertiary alicyclic amines) is 2. The lowest BCUT2D eigenvalue weighted by molar-refractivity contribution is -0.145. The number of aliphatic imine (C=N–C) groups is 1. The van der Waals surface area contributed by atoms with E-state index in [9.17, 15) is 58.5 Å². The summed E-state index contributed by atoms with van der Waals surface area (Å²) in [5.41, 5.74) is 16.4. The van der Waals surface area contributed by atoms with Gasteiger partial charge in [0.1, 0.15) is 48.3 Å². The predicted molar refractivity (Wildman–Crippen MR) is 238 cm³/mol. The van der Waals surface area contributed by atoms with Gasteiger partial charge in [-0.25, -0.2) is 4.79 Å². The number of hydrogen-bond donors (Lipinski definition) is 14. The first-order valence-corrected chi connectivity index (χ1v) is 22.3. The Kier molecular flexibility index (Phi) is 23.1. The molecule has 362 valence electrons. The lowest BCUT2D eigenvalue weighted by atomic mass is 10.0. The van der Waals surface area contributed by atoms with Crippen molar-refractivity contribution in [2.45, 2.75) is 133 Å². The average molecular weight is 947 g/mol. The Morgan fingerprint density at radius 2 is 1.23 bits per heavy atom. The molecule has 2 fully saturated rings. The summed E-state index contributed by atoms with van der Waals surface area (Å²) in [5.74, 6) is -8.07. The number of aliphatic hydroxyl groups is 2. The summed E-state index contributed by atoms with van der Waals surface area (Å²) in [6.07, 6.45) is 0.130. The maximum absolute atomic E-state index is 13.8. The first-order valence-electron chi connectivity index (χ1n) is 21.1. The van der Waals surface area contributed by atoms with Crippen LogP contribution in [0.15, 0.2) is 4.99 Å². The smallest absolute Gasteiger partial charge is 0.327 e. The Bertz CT molecular complexity index is 1700. The zero-order chi connectivity index (χ0) is 48.4. The van der Waals surface area contributed by atoms with E-state index < -0.39 is 120 Å². The van der Waals surface area contributed by atoms with Crippen molar-refractivity contribution in [3.8, 4) is 0 Å². The molecule has 0 aromatic rings. The van der Waals surface area contributed by atoms with Gasteiger partial charge in [-0.15, -0.1) is 0 Å². The van der Waals surface area contributed by atoms with Crippen LogP contribution in [0.2, 0.25) is 0 Å². The number of amides is 8. The minimum absolute atomic E-state index is 0.00786. The van der Waals surface area contributed by atoms with Crippen molar-refractivity contribution in [3.63, 3.8) is 0 Å². The number of rotatable bonds is 25. The Balaban J connectivity index is 2.17. The molecule has 10 atom stereocenters. The minimum Gasteiger partial charge on any atom is -0.480 e. The maximum atomic E-state index is 13.8. The van der Waals surface area contributed by atoms with Gasteiger partial charge in [0.05, 0.1) is 18.8 Å². The van der Waals surface area contributed by atoms with Gasteiger partial charge < -0.3 is 74.2 Å². The number of carbonyl (C=O) groups is 9. The molecule has 8 amide bonds. The molecule has 2 aliphatic heterocycles. The van der Waals surface area contributed by atoms with Crippen LogP contribution in [0.3, 0.4) is 0 Å². The van der Waals surface area contributed by atoms with Crippen LogP contribution < -0.4 is 49.1 Å². The third kappa shape index (κ3) is 16.6. The molecule has 0 spiro atoms. The summed E-state index contributed by atoms with van der Waals surface area (Å²) < 4.78 is 0. The zero-order valence-electron chi connectivity index (χ0n) is 36.5. The first kappa shape index (κ1) is 55.2. The van der Waals surface area contributed by atoms with E-state index in [1.54, 1.807) is 0 Å². The van der Waals surface area contributed by atoms with Gasteiger partial charge in [-0.1, -0.05) is 13.8 Å². The van der Waals surface area contributed by atoms with E-state index in [1.807, 2.05) is 13.8 Å². The second-order valence-corrected chi connectivity index (χ2v) is 16.9. The molecule has 2 aliphatic rings. The van der Waals surface area contributed by atoms with Crippen molar-refractivity contribution in [1.29, 1.82) is 0 Å². The molecule has 0 saturated carbocycles. The first-order chi connectivity index (χ1) is 30.1. The van der Waals surface area contributed by atoms with Gasteiger partial charge in [0.15, 0.2) is 5.96 Å². The van der Waals surface area contributed by atoms with Crippen molar-refractivity contribution in [2.75, 3.05) is 37.7 Å². The van der Waals surface area contributed by atoms with Crippen molar-refractivity contribution in [2.24, 2.45) is 28.1 Å². The van der Waals surface area contributed by atoms with Gasteiger partial charge in [-0.2, -0.15) is 25.3 Å².